The fourth-order valence-corrected chi connectivity index (χ4v) is 1.65. The van der Waals surface area contributed by atoms with Gasteiger partial charge in [0.1, 0.15) is 10.7 Å². The van der Waals surface area contributed by atoms with Gasteiger partial charge in [-0.2, -0.15) is 0 Å². The van der Waals surface area contributed by atoms with Gasteiger partial charge in [0.2, 0.25) is 0 Å². The first-order chi connectivity index (χ1) is 8.77. The van der Waals surface area contributed by atoms with E-state index in [4.69, 9.17) is 18.0 Å². The predicted molar refractivity (Wildman–Crippen MR) is 74.4 cm³/mol. The van der Waals surface area contributed by atoms with E-state index in [0.29, 0.717) is 18.1 Å². The zero-order valence-electron chi connectivity index (χ0n) is 9.71. The van der Waals surface area contributed by atoms with E-state index in [1.165, 1.54) is 0 Å². The van der Waals surface area contributed by atoms with Crippen LogP contribution in [0.15, 0.2) is 36.8 Å². The number of aromatic nitrogens is 3. The minimum absolute atomic E-state index is 0.239. The fourth-order valence-electron chi connectivity index (χ4n) is 1.50. The summed E-state index contributed by atoms with van der Waals surface area (Å²) in [7, 11) is 0. The van der Waals surface area contributed by atoms with Gasteiger partial charge in [-0.1, -0.05) is 18.3 Å². The van der Waals surface area contributed by atoms with Gasteiger partial charge in [0.15, 0.2) is 5.82 Å². The number of hydrogen-bond acceptors (Lipinski definition) is 5. The summed E-state index contributed by atoms with van der Waals surface area (Å²) in [6.45, 7) is 0.700. The second kappa shape index (κ2) is 6.02. The Bertz CT molecular complexity index is 529. The van der Waals surface area contributed by atoms with E-state index in [2.05, 4.69) is 20.3 Å². The molecular formula is C12H13N5S. The van der Waals surface area contributed by atoms with Crippen molar-refractivity contribution in [2.24, 2.45) is 5.73 Å². The summed E-state index contributed by atoms with van der Waals surface area (Å²) in [5, 5.41) is 3.16. The highest BCUT2D eigenvalue weighted by molar-refractivity contribution is 7.80. The SMILES string of the molecule is NC(=S)c1nccnc1NCCc1ccccn1. The maximum Gasteiger partial charge on any atom is 0.155 e. The van der Waals surface area contributed by atoms with E-state index >= 15 is 0 Å². The third-order valence-corrected chi connectivity index (χ3v) is 2.52. The van der Waals surface area contributed by atoms with E-state index in [1.54, 1.807) is 18.6 Å². The van der Waals surface area contributed by atoms with Gasteiger partial charge in [0.25, 0.3) is 0 Å². The van der Waals surface area contributed by atoms with Crippen LogP contribution in [0, 0.1) is 0 Å². The lowest BCUT2D eigenvalue weighted by Crippen LogP contribution is -2.17. The second-order valence-corrected chi connectivity index (χ2v) is 4.06. The zero-order chi connectivity index (χ0) is 12.8. The summed E-state index contributed by atoms with van der Waals surface area (Å²) in [5.41, 5.74) is 7.12. The minimum atomic E-state index is 0.239. The lowest BCUT2D eigenvalue weighted by atomic mass is 10.2. The highest BCUT2D eigenvalue weighted by Gasteiger charge is 2.06. The summed E-state index contributed by atoms with van der Waals surface area (Å²) in [5.74, 6) is 0.612. The van der Waals surface area contributed by atoms with Gasteiger partial charge in [-0.05, 0) is 12.1 Å². The smallest absolute Gasteiger partial charge is 0.155 e. The topological polar surface area (TPSA) is 76.7 Å². The van der Waals surface area contributed by atoms with Crippen molar-refractivity contribution in [2.75, 3.05) is 11.9 Å². The van der Waals surface area contributed by atoms with Crippen molar-refractivity contribution in [3.63, 3.8) is 0 Å². The van der Waals surface area contributed by atoms with Gasteiger partial charge in [0.05, 0.1) is 0 Å². The molecule has 2 aromatic heterocycles. The first kappa shape index (κ1) is 12.4. The van der Waals surface area contributed by atoms with Crippen LogP contribution in [0.2, 0.25) is 0 Å². The van der Waals surface area contributed by atoms with Gasteiger partial charge in [-0.15, -0.1) is 0 Å². The maximum atomic E-state index is 5.57. The largest absolute Gasteiger partial charge is 0.388 e. The van der Waals surface area contributed by atoms with Crippen LogP contribution in [-0.4, -0.2) is 26.5 Å². The van der Waals surface area contributed by atoms with Gasteiger partial charge in [-0.3, -0.25) is 4.98 Å². The molecule has 0 unspecified atom stereocenters. The normalized spacial score (nSPS) is 10.0. The highest BCUT2D eigenvalue weighted by atomic mass is 32.1. The van der Waals surface area contributed by atoms with Crippen LogP contribution in [0.5, 0.6) is 0 Å². The van der Waals surface area contributed by atoms with Crippen LogP contribution >= 0.6 is 12.2 Å². The molecule has 0 saturated heterocycles. The number of nitrogens with zero attached hydrogens (tertiary/aromatic N) is 3. The number of hydrogen-bond donors (Lipinski definition) is 2. The molecule has 92 valence electrons. The first-order valence-corrected chi connectivity index (χ1v) is 5.93. The summed E-state index contributed by atoms with van der Waals surface area (Å²) in [6.07, 6.45) is 5.75. The van der Waals surface area contributed by atoms with Crippen molar-refractivity contribution in [3.8, 4) is 0 Å². The van der Waals surface area contributed by atoms with E-state index < -0.39 is 0 Å². The van der Waals surface area contributed by atoms with Crippen LogP contribution in [0.3, 0.4) is 0 Å². The van der Waals surface area contributed by atoms with Gasteiger partial charge in [0, 0.05) is 37.3 Å². The van der Waals surface area contributed by atoms with Crippen LogP contribution in [0.4, 0.5) is 5.82 Å². The third kappa shape index (κ3) is 3.21. The van der Waals surface area contributed by atoms with Crippen molar-refractivity contribution in [2.45, 2.75) is 6.42 Å². The van der Waals surface area contributed by atoms with E-state index in [0.717, 1.165) is 12.1 Å². The standard InChI is InChI=1S/C12H13N5S/c13-11(18)10-12(17-8-7-15-10)16-6-4-9-3-1-2-5-14-9/h1-3,5,7-8H,4,6H2,(H2,13,18)(H,16,17). The molecule has 0 aliphatic carbocycles. The molecule has 0 aliphatic rings. The molecule has 6 heteroatoms. The minimum Gasteiger partial charge on any atom is -0.388 e. The number of anilines is 1. The average Bonchev–Trinajstić information content (AvgIpc) is 2.40. The molecule has 2 aromatic rings. The molecule has 0 spiro atoms. The molecule has 3 N–H and O–H groups in total. The molecule has 2 heterocycles. The van der Waals surface area contributed by atoms with Crippen LogP contribution < -0.4 is 11.1 Å². The number of thiocarbonyl (C=S) groups is 1. The Morgan fingerprint density at radius 1 is 1.17 bits per heavy atom. The molecule has 0 aliphatic heterocycles. The Morgan fingerprint density at radius 2 is 2.00 bits per heavy atom. The second-order valence-electron chi connectivity index (χ2n) is 3.62. The Morgan fingerprint density at radius 3 is 2.72 bits per heavy atom. The summed E-state index contributed by atoms with van der Waals surface area (Å²) in [4.78, 5) is 12.7. The quantitative estimate of drug-likeness (QED) is 0.785. The van der Waals surface area contributed by atoms with Crippen molar-refractivity contribution in [3.05, 3.63) is 48.2 Å². The monoisotopic (exact) mass is 259 g/mol. The van der Waals surface area contributed by atoms with Gasteiger partial charge < -0.3 is 11.1 Å². The van der Waals surface area contributed by atoms with E-state index in [-0.39, 0.29) is 4.99 Å². The Balaban J connectivity index is 1.97. The third-order valence-electron chi connectivity index (χ3n) is 2.33. The number of nitrogens with one attached hydrogen (secondary N) is 1. The fraction of sp³-hybridized carbons (Fsp3) is 0.167. The molecule has 0 atom stereocenters. The highest BCUT2D eigenvalue weighted by Crippen LogP contribution is 2.07. The lowest BCUT2D eigenvalue weighted by Gasteiger charge is -2.08. The first-order valence-electron chi connectivity index (χ1n) is 5.52. The molecular weight excluding hydrogens is 246 g/mol. The Hall–Kier alpha value is -2.08. The summed E-state index contributed by atoms with van der Waals surface area (Å²) in [6, 6.07) is 5.84. The average molecular weight is 259 g/mol. The van der Waals surface area contributed by atoms with E-state index in [1.807, 2.05) is 18.2 Å². The Labute approximate surface area is 110 Å². The number of rotatable bonds is 5. The summed E-state index contributed by atoms with van der Waals surface area (Å²) < 4.78 is 0. The Kier molecular flexibility index (Phi) is 4.14. The lowest BCUT2D eigenvalue weighted by molar-refractivity contribution is 0.949. The predicted octanol–water partition coefficient (Wildman–Crippen LogP) is 1.16. The van der Waals surface area contributed by atoms with Crippen LogP contribution in [0.25, 0.3) is 0 Å². The molecule has 0 fully saturated rings. The van der Waals surface area contributed by atoms with Gasteiger partial charge >= 0.3 is 0 Å². The molecule has 0 amide bonds. The van der Waals surface area contributed by atoms with Crippen LogP contribution in [-0.2, 0) is 6.42 Å². The molecule has 0 saturated carbocycles. The molecule has 5 nitrogen and oxygen atoms in total. The number of nitrogens with two attached hydrogens (primary N) is 1. The van der Waals surface area contributed by atoms with Crippen molar-refractivity contribution in [1.29, 1.82) is 0 Å². The van der Waals surface area contributed by atoms with E-state index in [9.17, 15) is 0 Å². The molecule has 2 rings (SSSR count). The maximum absolute atomic E-state index is 5.57. The molecule has 0 radical (unpaired) electrons. The van der Waals surface area contributed by atoms with Crippen LogP contribution in [0.1, 0.15) is 11.4 Å². The molecule has 18 heavy (non-hydrogen) atoms. The van der Waals surface area contributed by atoms with Gasteiger partial charge in [-0.25, -0.2) is 9.97 Å². The zero-order valence-corrected chi connectivity index (χ0v) is 10.5. The molecule has 0 aromatic carbocycles. The molecule has 0 bridgehead atoms. The summed E-state index contributed by atoms with van der Waals surface area (Å²) >= 11 is 4.92. The van der Waals surface area contributed by atoms with Crippen molar-refractivity contribution >= 4 is 23.0 Å². The van der Waals surface area contributed by atoms with Crippen molar-refractivity contribution < 1.29 is 0 Å². The number of pyridine rings is 1. The van der Waals surface area contributed by atoms with Crippen molar-refractivity contribution in [1.82, 2.24) is 15.0 Å².